The lowest BCUT2D eigenvalue weighted by molar-refractivity contribution is -0.182. The van der Waals surface area contributed by atoms with Crippen molar-refractivity contribution in [3.05, 3.63) is 0 Å². The smallest absolute Gasteiger partial charge is 0.393 e. The van der Waals surface area contributed by atoms with Gasteiger partial charge in [0.25, 0.3) is 0 Å². The largest absolute Gasteiger partial charge is 0.465 e. The molecule has 1 saturated carbocycles. The van der Waals surface area contributed by atoms with Gasteiger partial charge in [-0.25, -0.2) is 0 Å². The average Bonchev–Trinajstić information content (AvgIpc) is 2.94. The van der Waals surface area contributed by atoms with E-state index in [1.54, 1.807) is 0 Å². The fourth-order valence-electron chi connectivity index (χ4n) is 1.71. The summed E-state index contributed by atoms with van der Waals surface area (Å²) in [6.07, 6.45) is -5.19. The predicted molar refractivity (Wildman–Crippen MR) is 49.9 cm³/mol. The monoisotopic (exact) mass is 254 g/mol. The van der Waals surface area contributed by atoms with E-state index < -0.39 is 35.9 Å². The quantitative estimate of drug-likeness (QED) is 0.565. The molecule has 0 aromatic carbocycles. The molecule has 0 radical (unpaired) electrons. The summed E-state index contributed by atoms with van der Waals surface area (Å²) in [5, 5.41) is 0. The van der Waals surface area contributed by atoms with E-state index in [0.29, 0.717) is 0 Å². The molecule has 0 unspecified atom stereocenters. The van der Waals surface area contributed by atoms with Crippen LogP contribution < -0.4 is 0 Å². The van der Waals surface area contributed by atoms with Gasteiger partial charge in [-0.1, -0.05) is 0 Å². The molecule has 1 rings (SSSR count). The Balaban J connectivity index is 2.91. The summed E-state index contributed by atoms with van der Waals surface area (Å²) in [4.78, 5) is 23.0. The zero-order valence-electron chi connectivity index (χ0n) is 9.47. The third kappa shape index (κ3) is 2.37. The van der Waals surface area contributed by atoms with Crippen LogP contribution in [0, 0.1) is 11.3 Å². The first kappa shape index (κ1) is 13.8. The van der Waals surface area contributed by atoms with Crippen molar-refractivity contribution >= 4 is 11.9 Å². The Hall–Kier alpha value is -1.27. The molecular formula is C10H13F3O4. The fraction of sp³-hybridized carbons (Fsp3) is 0.800. The number of halogens is 3. The van der Waals surface area contributed by atoms with Crippen LogP contribution in [0.15, 0.2) is 0 Å². The summed E-state index contributed by atoms with van der Waals surface area (Å²) < 4.78 is 46.6. The van der Waals surface area contributed by atoms with Crippen LogP contribution in [0.5, 0.6) is 0 Å². The van der Waals surface area contributed by atoms with E-state index >= 15 is 0 Å². The van der Waals surface area contributed by atoms with Crippen molar-refractivity contribution in [2.75, 3.05) is 13.2 Å². The average molecular weight is 254 g/mol. The fourth-order valence-corrected chi connectivity index (χ4v) is 1.71. The van der Waals surface area contributed by atoms with E-state index in [9.17, 15) is 22.8 Å². The van der Waals surface area contributed by atoms with E-state index in [1.807, 2.05) is 0 Å². The van der Waals surface area contributed by atoms with Crippen LogP contribution in [0.3, 0.4) is 0 Å². The van der Waals surface area contributed by atoms with Gasteiger partial charge in [0.2, 0.25) is 0 Å². The van der Waals surface area contributed by atoms with Crippen molar-refractivity contribution in [1.82, 2.24) is 0 Å². The molecular weight excluding hydrogens is 241 g/mol. The van der Waals surface area contributed by atoms with Gasteiger partial charge in [0.15, 0.2) is 5.41 Å². The Morgan fingerprint density at radius 3 is 1.82 bits per heavy atom. The number of hydrogen-bond acceptors (Lipinski definition) is 4. The summed E-state index contributed by atoms with van der Waals surface area (Å²) in [6.45, 7) is 2.76. The summed E-state index contributed by atoms with van der Waals surface area (Å²) in [5.41, 5.74) is -2.18. The number of hydrogen-bond donors (Lipinski definition) is 0. The molecule has 1 fully saturated rings. The van der Waals surface area contributed by atoms with Gasteiger partial charge in [-0.15, -0.1) is 0 Å². The molecule has 0 spiro atoms. The number of esters is 2. The van der Waals surface area contributed by atoms with Crippen LogP contribution in [0.1, 0.15) is 20.3 Å². The van der Waals surface area contributed by atoms with E-state index in [2.05, 4.69) is 9.47 Å². The van der Waals surface area contributed by atoms with Gasteiger partial charge >= 0.3 is 18.1 Å². The topological polar surface area (TPSA) is 52.6 Å². The van der Waals surface area contributed by atoms with E-state index in [4.69, 9.17) is 0 Å². The van der Waals surface area contributed by atoms with Gasteiger partial charge in [0.1, 0.15) is 0 Å². The van der Waals surface area contributed by atoms with Crippen LogP contribution in [0.4, 0.5) is 13.2 Å². The molecule has 0 bridgehead atoms. The first-order valence-corrected chi connectivity index (χ1v) is 5.21. The van der Waals surface area contributed by atoms with Gasteiger partial charge in [-0.2, -0.15) is 13.2 Å². The molecule has 0 aromatic rings. The molecule has 0 N–H and O–H groups in total. The van der Waals surface area contributed by atoms with Crippen molar-refractivity contribution in [2.24, 2.45) is 11.3 Å². The molecule has 0 saturated heterocycles. The summed E-state index contributed by atoms with van der Waals surface area (Å²) in [6, 6.07) is 0. The summed E-state index contributed by atoms with van der Waals surface area (Å²) >= 11 is 0. The molecule has 0 heterocycles. The highest BCUT2D eigenvalue weighted by molar-refractivity contribution is 6.04. The third-order valence-electron chi connectivity index (χ3n) is 2.64. The molecule has 1 atom stereocenters. The Labute approximate surface area is 96.1 Å². The van der Waals surface area contributed by atoms with E-state index in [1.165, 1.54) is 13.8 Å². The lowest BCUT2D eigenvalue weighted by Crippen LogP contribution is -2.35. The van der Waals surface area contributed by atoms with Crippen molar-refractivity contribution in [3.63, 3.8) is 0 Å². The number of carbonyl (C=O) groups is 2. The molecule has 17 heavy (non-hydrogen) atoms. The van der Waals surface area contributed by atoms with E-state index in [0.717, 1.165) is 0 Å². The second-order valence-electron chi connectivity index (χ2n) is 3.71. The Morgan fingerprint density at radius 1 is 1.18 bits per heavy atom. The lowest BCUT2D eigenvalue weighted by atomic mass is 10.0. The minimum Gasteiger partial charge on any atom is -0.465 e. The van der Waals surface area contributed by atoms with Crippen molar-refractivity contribution in [2.45, 2.75) is 26.4 Å². The molecule has 1 aliphatic carbocycles. The minimum atomic E-state index is -4.60. The lowest BCUT2D eigenvalue weighted by Gasteiger charge is -2.15. The standard InChI is InChI=1S/C10H13F3O4/c1-3-16-7(14)9(8(15)17-4-2)5-6(9)10(11,12)13/h6H,3-5H2,1-2H3/t6-/m1/s1. The van der Waals surface area contributed by atoms with Gasteiger partial charge in [-0.3, -0.25) is 9.59 Å². The summed E-state index contributed by atoms with van der Waals surface area (Å²) in [5.74, 6) is -4.30. The second-order valence-corrected chi connectivity index (χ2v) is 3.71. The van der Waals surface area contributed by atoms with Crippen molar-refractivity contribution in [3.8, 4) is 0 Å². The summed E-state index contributed by atoms with van der Waals surface area (Å²) in [7, 11) is 0. The van der Waals surface area contributed by atoms with Gasteiger partial charge in [0.05, 0.1) is 19.1 Å². The zero-order valence-corrected chi connectivity index (χ0v) is 9.47. The second kappa shape index (κ2) is 4.54. The van der Waals surface area contributed by atoms with Crippen molar-refractivity contribution in [1.29, 1.82) is 0 Å². The molecule has 0 aliphatic heterocycles. The minimum absolute atomic E-state index is 0.0788. The van der Waals surface area contributed by atoms with Crippen LogP contribution in [0.2, 0.25) is 0 Å². The predicted octanol–water partition coefficient (Wildman–Crippen LogP) is 1.68. The molecule has 0 aromatic heterocycles. The Kier molecular flexibility index (Phi) is 3.68. The number of alkyl halides is 3. The molecule has 98 valence electrons. The maximum absolute atomic E-state index is 12.5. The maximum atomic E-state index is 12.5. The van der Waals surface area contributed by atoms with Gasteiger partial charge in [-0.05, 0) is 20.3 Å². The van der Waals surface area contributed by atoms with Gasteiger partial charge < -0.3 is 9.47 Å². The van der Waals surface area contributed by atoms with Crippen LogP contribution in [-0.2, 0) is 19.1 Å². The molecule has 4 nitrogen and oxygen atoms in total. The van der Waals surface area contributed by atoms with Crippen molar-refractivity contribution < 1.29 is 32.2 Å². The highest BCUT2D eigenvalue weighted by Crippen LogP contribution is 2.61. The van der Waals surface area contributed by atoms with Crippen LogP contribution >= 0.6 is 0 Å². The third-order valence-corrected chi connectivity index (χ3v) is 2.64. The Bertz CT molecular complexity index is 306. The SMILES string of the molecule is CCOC(=O)C1(C(=O)OCC)C[C@H]1C(F)(F)F. The van der Waals surface area contributed by atoms with Gasteiger partial charge in [0, 0.05) is 0 Å². The first-order chi connectivity index (χ1) is 7.80. The number of carbonyl (C=O) groups excluding carboxylic acids is 2. The molecule has 7 heteroatoms. The first-order valence-electron chi connectivity index (χ1n) is 5.21. The van der Waals surface area contributed by atoms with Crippen LogP contribution in [-0.4, -0.2) is 31.3 Å². The molecule has 1 aliphatic rings. The highest BCUT2D eigenvalue weighted by atomic mass is 19.4. The Morgan fingerprint density at radius 2 is 1.59 bits per heavy atom. The molecule has 0 amide bonds. The maximum Gasteiger partial charge on any atom is 0.393 e. The normalized spacial score (nSPS) is 21.8. The number of rotatable bonds is 4. The van der Waals surface area contributed by atoms with Crippen LogP contribution in [0.25, 0.3) is 0 Å². The highest BCUT2D eigenvalue weighted by Gasteiger charge is 2.77. The van der Waals surface area contributed by atoms with E-state index in [-0.39, 0.29) is 13.2 Å². The zero-order chi connectivity index (χ0) is 13.3. The number of ether oxygens (including phenoxy) is 2.